The second kappa shape index (κ2) is 7.65. The van der Waals surface area contributed by atoms with Crippen molar-refractivity contribution in [2.24, 2.45) is 11.7 Å². The average Bonchev–Trinajstić information content (AvgIpc) is 2.95. The number of rotatable bonds is 7. The Morgan fingerprint density at radius 3 is 2.52 bits per heavy atom. The maximum absolute atomic E-state index is 12.2. The van der Waals surface area contributed by atoms with Crippen LogP contribution in [-0.2, 0) is 19.2 Å². The molecule has 25 heavy (non-hydrogen) atoms. The second-order valence-corrected chi connectivity index (χ2v) is 5.67. The highest BCUT2D eigenvalue weighted by Crippen LogP contribution is 2.27. The second-order valence-electron chi connectivity index (χ2n) is 5.67. The van der Waals surface area contributed by atoms with E-state index in [2.05, 4.69) is 5.32 Å². The molecule has 2 rings (SSSR count). The van der Waals surface area contributed by atoms with Gasteiger partial charge in [0.15, 0.2) is 0 Å². The molecule has 0 saturated carbocycles. The molecule has 134 valence electrons. The first-order valence-electron chi connectivity index (χ1n) is 7.57. The van der Waals surface area contributed by atoms with Crippen LogP contribution in [0.2, 0.25) is 0 Å². The van der Waals surface area contributed by atoms with Gasteiger partial charge in [-0.1, -0.05) is 0 Å². The minimum Gasteiger partial charge on any atom is -0.497 e. The van der Waals surface area contributed by atoms with Gasteiger partial charge in [-0.3, -0.25) is 14.4 Å². The number of nitrogens with zero attached hydrogens (tertiary/aromatic N) is 1. The van der Waals surface area contributed by atoms with E-state index < -0.39 is 36.2 Å². The van der Waals surface area contributed by atoms with Crippen molar-refractivity contribution < 1.29 is 29.0 Å². The predicted octanol–water partition coefficient (Wildman–Crippen LogP) is -0.507. The molecular formula is C16H19N3O6. The molecule has 3 amide bonds. The van der Waals surface area contributed by atoms with Crippen LogP contribution in [0.3, 0.4) is 0 Å². The summed E-state index contributed by atoms with van der Waals surface area (Å²) in [6.45, 7) is 0.125. The van der Waals surface area contributed by atoms with Crippen LogP contribution in [0.15, 0.2) is 24.3 Å². The number of ether oxygens (including phenoxy) is 1. The van der Waals surface area contributed by atoms with Crippen molar-refractivity contribution in [3.63, 3.8) is 0 Å². The Balaban J connectivity index is 2.03. The first-order valence-corrected chi connectivity index (χ1v) is 7.57. The van der Waals surface area contributed by atoms with E-state index in [1.807, 2.05) is 0 Å². The molecule has 0 bridgehead atoms. The number of nitrogens with two attached hydrogens (primary N) is 1. The highest BCUT2D eigenvalue weighted by molar-refractivity contribution is 6.01. The third-order valence-corrected chi connectivity index (χ3v) is 3.90. The Morgan fingerprint density at radius 1 is 1.36 bits per heavy atom. The van der Waals surface area contributed by atoms with Gasteiger partial charge >= 0.3 is 5.97 Å². The number of carboxylic acid groups (broad SMARTS) is 1. The number of carbonyl (C=O) groups is 4. The quantitative estimate of drug-likeness (QED) is 0.606. The molecule has 2 atom stereocenters. The van der Waals surface area contributed by atoms with E-state index in [-0.39, 0.29) is 18.9 Å². The number of anilines is 1. The highest BCUT2D eigenvalue weighted by atomic mass is 16.5. The molecule has 9 heteroatoms. The Kier molecular flexibility index (Phi) is 5.58. The van der Waals surface area contributed by atoms with Crippen LogP contribution < -0.4 is 20.7 Å². The number of hydrogen-bond acceptors (Lipinski definition) is 5. The molecule has 4 N–H and O–H groups in total. The molecule has 1 heterocycles. The van der Waals surface area contributed by atoms with E-state index in [9.17, 15) is 19.2 Å². The van der Waals surface area contributed by atoms with Gasteiger partial charge in [0.05, 0.1) is 19.4 Å². The lowest BCUT2D eigenvalue weighted by atomic mass is 10.1. The molecule has 2 unspecified atom stereocenters. The van der Waals surface area contributed by atoms with E-state index in [0.717, 1.165) is 0 Å². The van der Waals surface area contributed by atoms with E-state index >= 15 is 0 Å². The summed E-state index contributed by atoms with van der Waals surface area (Å²) in [5.74, 6) is -3.10. The molecule has 0 radical (unpaired) electrons. The van der Waals surface area contributed by atoms with Gasteiger partial charge < -0.3 is 25.8 Å². The van der Waals surface area contributed by atoms with Crippen molar-refractivity contribution in [2.75, 3.05) is 18.6 Å². The fourth-order valence-corrected chi connectivity index (χ4v) is 2.59. The van der Waals surface area contributed by atoms with Crippen molar-refractivity contribution in [2.45, 2.75) is 18.9 Å². The summed E-state index contributed by atoms with van der Waals surface area (Å²) in [5, 5.41) is 11.3. The molecule has 1 aliphatic heterocycles. The summed E-state index contributed by atoms with van der Waals surface area (Å²) in [6, 6.07) is 5.39. The van der Waals surface area contributed by atoms with Crippen molar-refractivity contribution in [3.8, 4) is 5.75 Å². The molecule has 0 aromatic heterocycles. The number of aliphatic carboxylic acids is 1. The Morgan fingerprint density at radius 2 is 2.00 bits per heavy atom. The van der Waals surface area contributed by atoms with E-state index in [0.29, 0.717) is 11.4 Å². The van der Waals surface area contributed by atoms with Crippen LogP contribution in [0.5, 0.6) is 5.75 Å². The molecular weight excluding hydrogens is 330 g/mol. The SMILES string of the molecule is COc1ccc(N2CC(C(=O)NC(CC(N)=O)C(=O)O)CC2=O)cc1. The number of benzene rings is 1. The summed E-state index contributed by atoms with van der Waals surface area (Å²) >= 11 is 0. The first kappa shape index (κ1) is 18.2. The van der Waals surface area contributed by atoms with Gasteiger partial charge in [-0.05, 0) is 24.3 Å². The summed E-state index contributed by atoms with van der Waals surface area (Å²) in [7, 11) is 1.53. The Bertz CT molecular complexity index is 688. The number of carbonyl (C=O) groups excluding carboxylic acids is 3. The molecule has 0 aliphatic carbocycles. The molecule has 1 aromatic carbocycles. The van der Waals surface area contributed by atoms with Gasteiger partial charge in [0, 0.05) is 18.7 Å². The van der Waals surface area contributed by atoms with Gasteiger partial charge in [-0.15, -0.1) is 0 Å². The minimum atomic E-state index is -1.41. The molecule has 1 fully saturated rings. The van der Waals surface area contributed by atoms with Crippen molar-refractivity contribution >= 4 is 29.4 Å². The zero-order valence-corrected chi connectivity index (χ0v) is 13.6. The highest BCUT2D eigenvalue weighted by Gasteiger charge is 2.36. The monoisotopic (exact) mass is 349 g/mol. The van der Waals surface area contributed by atoms with Crippen LogP contribution in [0, 0.1) is 5.92 Å². The number of amides is 3. The van der Waals surface area contributed by atoms with E-state index in [1.54, 1.807) is 24.3 Å². The van der Waals surface area contributed by atoms with Gasteiger partial charge in [0.2, 0.25) is 17.7 Å². The van der Waals surface area contributed by atoms with Gasteiger partial charge in [0.1, 0.15) is 11.8 Å². The number of primary amides is 1. The summed E-state index contributed by atoms with van der Waals surface area (Å²) < 4.78 is 5.05. The van der Waals surface area contributed by atoms with E-state index in [1.165, 1.54) is 12.0 Å². The van der Waals surface area contributed by atoms with Gasteiger partial charge in [-0.2, -0.15) is 0 Å². The van der Waals surface area contributed by atoms with Crippen LogP contribution >= 0.6 is 0 Å². The van der Waals surface area contributed by atoms with Gasteiger partial charge in [-0.25, -0.2) is 4.79 Å². The molecule has 0 spiro atoms. The zero-order valence-electron chi connectivity index (χ0n) is 13.6. The summed E-state index contributed by atoms with van der Waals surface area (Å²) in [6.07, 6.45) is -0.551. The number of methoxy groups -OCH3 is 1. The first-order chi connectivity index (χ1) is 11.8. The topological polar surface area (TPSA) is 139 Å². The van der Waals surface area contributed by atoms with Crippen LogP contribution in [0.4, 0.5) is 5.69 Å². The zero-order chi connectivity index (χ0) is 18.6. The largest absolute Gasteiger partial charge is 0.497 e. The fraction of sp³-hybridized carbons (Fsp3) is 0.375. The van der Waals surface area contributed by atoms with Crippen LogP contribution in [0.25, 0.3) is 0 Å². The third-order valence-electron chi connectivity index (χ3n) is 3.90. The Labute approximate surface area is 143 Å². The fourth-order valence-electron chi connectivity index (χ4n) is 2.59. The standard InChI is InChI=1S/C16H19N3O6/c1-25-11-4-2-10(3-5-11)19-8-9(6-14(19)21)15(22)18-12(16(23)24)7-13(17)20/h2-5,9,12H,6-8H2,1H3,(H2,17,20)(H,18,22)(H,23,24). The predicted molar refractivity (Wildman–Crippen MR) is 86.8 cm³/mol. The van der Waals surface area contributed by atoms with Crippen LogP contribution in [-0.4, -0.2) is 48.5 Å². The van der Waals surface area contributed by atoms with Crippen molar-refractivity contribution in [1.29, 1.82) is 0 Å². The van der Waals surface area contributed by atoms with Crippen molar-refractivity contribution in [1.82, 2.24) is 5.32 Å². The molecule has 1 saturated heterocycles. The third kappa shape index (κ3) is 4.46. The van der Waals surface area contributed by atoms with Crippen molar-refractivity contribution in [3.05, 3.63) is 24.3 Å². The molecule has 1 aliphatic rings. The Hall–Kier alpha value is -3.10. The molecule has 9 nitrogen and oxygen atoms in total. The lowest BCUT2D eigenvalue weighted by Crippen LogP contribution is -2.46. The maximum Gasteiger partial charge on any atom is 0.326 e. The maximum atomic E-state index is 12.2. The lowest BCUT2D eigenvalue weighted by molar-refractivity contribution is -0.143. The number of carboxylic acids is 1. The summed E-state index contributed by atoms with van der Waals surface area (Å²) in [5.41, 5.74) is 5.60. The van der Waals surface area contributed by atoms with E-state index in [4.69, 9.17) is 15.6 Å². The lowest BCUT2D eigenvalue weighted by Gasteiger charge is -2.18. The normalized spacial score (nSPS) is 17.9. The van der Waals surface area contributed by atoms with Crippen LogP contribution in [0.1, 0.15) is 12.8 Å². The number of nitrogens with one attached hydrogen (secondary N) is 1. The smallest absolute Gasteiger partial charge is 0.326 e. The number of hydrogen-bond donors (Lipinski definition) is 3. The van der Waals surface area contributed by atoms with Gasteiger partial charge in [0.25, 0.3) is 0 Å². The average molecular weight is 349 g/mol. The summed E-state index contributed by atoms with van der Waals surface area (Å²) in [4.78, 5) is 47.8. The minimum absolute atomic E-state index is 0.0409. The molecule has 1 aromatic rings.